The summed E-state index contributed by atoms with van der Waals surface area (Å²) in [6, 6.07) is 0. The zero-order chi connectivity index (χ0) is 0. The van der Waals surface area contributed by atoms with Crippen molar-refractivity contribution in [3.05, 3.63) is 44.6 Å². The Bertz CT molecular complexity index is 6.49. The van der Waals surface area contributed by atoms with Crippen molar-refractivity contribution in [3.8, 4) is 0 Å². The average Bonchev–Trinajstić information content (AvgIpc) is 0. The summed E-state index contributed by atoms with van der Waals surface area (Å²) >= 11 is 0. The molecule has 2 radical (unpaired) electrons. The van der Waals surface area contributed by atoms with E-state index in [4.69, 9.17) is 0 Å². The van der Waals surface area contributed by atoms with Crippen molar-refractivity contribution < 1.29 is 40.2 Å². The Morgan fingerprint density at radius 3 is 0.250 bits per heavy atom. The van der Waals surface area contributed by atoms with E-state index >= 15 is 0 Å². The van der Waals surface area contributed by atoms with E-state index in [9.17, 15) is 0 Å². The summed E-state index contributed by atoms with van der Waals surface area (Å²) in [5.41, 5.74) is 0. The first-order valence-electron chi connectivity index (χ1n) is 0. The van der Waals surface area contributed by atoms with Gasteiger partial charge in [-0.15, -0.1) is 0 Å². The van der Waals surface area contributed by atoms with E-state index in [-0.39, 0.29) is 84.8 Å². The van der Waals surface area contributed by atoms with E-state index < -0.39 is 0 Å². The molecular weight excluding hydrogens is 456 g/mol. The molecule has 0 nitrogen and oxygen atoms in total. The quantitative estimate of drug-likeness (QED) is 0.474. The summed E-state index contributed by atoms with van der Waals surface area (Å²) in [7, 11) is 0. The maximum absolute atomic E-state index is 0. The predicted octanol–water partition coefficient (Wildman–Crippen LogP) is 2.70. The summed E-state index contributed by atoms with van der Waals surface area (Å²) < 4.78 is 0. The first kappa shape index (κ1) is 380. The second kappa shape index (κ2) is 262. The number of rotatable bonds is 0. The smallest absolute Gasteiger partial charge is 0 e. The summed E-state index contributed by atoms with van der Waals surface area (Å²) in [6.45, 7) is 0. The Labute approximate surface area is 84.5 Å². The van der Waals surface area contributed by atoms with Crippen LogP contribution < -0.4 is 0 Å². The van der Waals surface area contributed by atoms with Gasteiger partial charge in [0.1, 0.15) is 0 Å². The molecule has 0 spiro atoms. The van der Waals surface area contributed by atoms with Crippen molar-refractivity contribution in [2.45, 2.75) is 0 Å². The molecule has 2 heteroatoms. The zero-order valence-electron chi connectivity index (χ0n) is 6.67. The molecule has 0 aromatic rings. The number of hydrogen-bond acceptors (Lipinski definition) is 0. The van der Waals surface area contributed by atoms with Crippen molar-refractivity contribution in [2.24, 2.45) is 0 Å². The van der Waals surface area contributed by atoms with Crippen LogP contribution in [0.3, 0.4) is 0 Å². The van der Waals surface area contributed by atoms with E-state index in [2.05, 4.69) is 0 Å². The first-order chi connectivity index (χ1) is 0. The second-order valence-electron chi connectivity index (χ2n) is 0. The van der Waals surface area contributed by atoms with Crippen molar-refractivity contribution in [1.82, 2.24) is 0 Å². The largest absolute Gasteiger partial charge is 0.358 e. The van der Waals surface area contributed by atoms with E-state index in [1.54, 1.807) is 0 Å². The molecule has 0 unspecified atom stereocenters. The Morgan fingerprint density at radius 2 is 0.250 bits per heavy atom. The minimum absolute atomic E-state index is 0. The standard InChI is InChI=1S/6CH3.2Ir/h6*1H3;;/q6*-1;;. The molecule has 0 N–H and O–H groups in total. The maximum Gasteiger partial charge on any atom is 0 e. The maximum atomic E-state index is 0. The zero-order valence-corrected chi connectivity index (χ0v) is 11.5. The molecular formula is C6H18Ir2-6. The van der Waals surface area contributed by atoms with Crippen LogP contribution in [0, 0.1) is 44.6 Å². The second-order valence-corrected chi connectivity index (χ2v) is 0. The van der Waals surface area contributed by atoms with Gasteiger partial charge in [0.15, 0.2) is 0 Å². The van der Waals surface area contributed by atoms with Crippen LogP contribution >= 0.6 is 0 Å². The molecule has 66 valence electrons. The monoisotopic (exact) mass is 476 g/mol. The van der Waals surface area contributed by atoms with Gasteiger partial charge < -0.3 is 44.6 Å². The van der Waals surface area contributed by atoms with Crippen LogP contribution in [0.15, 0.2) is 0 Å². The van der Waals surface area contributed by atoms with Gasteiger partial charge in [0, 0.05) is 40.2 Å². The molecule has 0 fully saturated rings. The van der Waals surface area contributed by atoms with Gasteiger partial charge in [-0.3, -0.25) is 0 Å². The fraction of sp³-hybridized carbons (Fsp3) is 0. The molecule has 0 saturated carbocycles. The third-order valence-corrected chi connectivity index (χ3v) is 0. The molecule has 0 bridgehead atoms. The fourth-order valence-electron chi connectivity index (χ4n) is 0. The minimum atomic E-state index is 0. The normalized spacial score (nSPS) is 0. The van der Waals surface area contributed by atoms with Crippen LogP contribution in [-0.4, -0.2) is 0 Å². The molecule has 0 aliphatic carbocycles. The Balaban J connectivity index is 0. The summed E-state index contributed by atoms with van der Waals surface area (Å²) in [6.07, 6.45) is 0. The molecule has 0 aromatic carbocycles. The van der Waals surface area contributed by atoms with E-state index in [1.807, 2.05) is 0 Å². The van der Waals surface area contributed by atoms with Gasteiger partial charge in [0.05, 0.1) is 0 Å². The van der Waals surface area contributed by atoms with E-state index in [0.717, 1.165) is 0 Å². The SMILES string of the molecule is [CH3-].[CH3-].[CH3-].[CH3-].[CH3-].[CH3-].[Ir].[Ir]. The van der Waals surface area contributed by atoms with Gasteiger partial charge in [-0.05, 0) is 0 Å². The third kappa shape index (κ3) is 172. The van der Waals surface area contributed by atoms with Gasteiger partial charge in [-0.1, -0.05) is 0 Å². The molecule has 0 aromatic heterocycles. The molecule has 0 rings (SSSR count). The van der Waals surface area contributed by atoms with Crippen LogP contribution in [0.1, 0.15) is 0 Å². The summed E-state index contributed by atoms with van der Waals surface area (Å²) in [5, 5.41) is 0. The molecule has 0 atom stereocenters. The average molecular weight is 475 g/mol. The van der Waals surface area contributed by atoms with Crippen LogP contribution in [0.2, 0.25) is 0 Å². The fourth-order valence-corrected chi connectivity index (χ4v) is 0. The van der Waals surface area contributed by atoms with Crippen LogP contribution in [0.4, 0.5) is 0 Å². The van der Waals surface area contributed by atoms with Crippen molar-refractivity contribution >= 4 is 0 Å². The van der Waals surface area contributed by atoms with Gasteiger partial charge in [-0.2, -0.15) is 0 Å². The molecule has 8 heavy (non-hydrogen) atoms. The molecule has 0 saturated heterocycles. The molecule has 0 aliphatic heterocycles. The molecule has 0 amide bonds. The van der Waals surface area contributed by atoms with E-state index in [0.29, 0.717) is 0 Å². The third-order valence-electron chi connectivity index (χ3n) is 0. The Kier molecular flexibility index (Phi) is 12400. The van der Waals surface area contributed by atoms with E-state index in [1.165, 1.54) is 0 Å². The predicted molar refractivity (Wildman–Crippen MR) is 38.5 cm³/mol. The van der Waals surface area contributed by atoms with Gasteiger partial charge >= 0.3 is 0 Å². The van der Waals surface area contributed by atoms with Gasteiger partial charge in [-0.25, -0.2) is 0 Å². The van der Waals surface area contributed by atoms with Crippen LogP contribution in [0.25, 0.3) is 0 Å². The van der Waals surface area contributed by atoms with Crippen molar-refractivity contribution in [1.29, 1.82) is 0 Å². The number of hydrogen-bond donors (Lipinski definition) is 0. The van der Waals surface area contributed by atoms with Gasteiger partial charge in [0.2, 0.25) is 0 Å². The molecule has 0 heterocycles. The first-order valence-corrected chi connectivity index (χ1v) is 0. The summed E-state index contributed by atoms with van der Waals surface area (Å²) in [4.78, 5) is 0. The Hall–Kier alpha value is 1.30. The Morgan fingerprint density at radius 1 is 0.250 bits per heavy atom. The van der Waals surface area contributed by atoms with Gasteiger partial charge in [0.25, 0.3) is 0 Å². The minimum Gasteiger partial charge on any atom is -0.358 e. The summed E-state index contributed by atoms with van der Waals surface area (Å²) in [5.74, 6) is 0. The van der Waals surface area contributed by atoms with Crippen molar-refractivity contribution in [3.63, 3.8) is 0 Å². The topological polar surface area (TPSA) is 0 Å². The molecule has 0 aliphatic rings. The van der Waals surface area contributed by atoms with Crippen LogP contribution in [0.5, 0.6) is 0 Å². The van der Waals surface area contributed by atoms with Crippen molar-refractivity contribution in [2.75, 3.05) is 0 Å². The van der Waals surface area contributed by atoms with Crippen LogP contribution in [-0.2, 0) is 40.2 Å².